The zero-order chi connectivity index (χ0) is 12.1. The molecule has 0 aromatic carbocycles. The Morgan fingerprint density at radius 3 is 2.88 bits per heavy atom. The summed E-state index contributed by atoms with van der Waals surface area (Å²) in [4.78, 5) is 4.11. The second kappa shape index (κ2) is 5.67. The standard InChI is InChI=1S/C10H13ClN4O2/c1-2-7-5-12-9(16-7)6-13-10-15-14-8(17-10)3-4-11/h5H,2-4,6H2,1H3,(H,13,15). The molecule has 92 valence electrons. The smallest absolute Gasteiger partial charge is 0.315 e. The van der Waals surface area contributed by atoms with Gasteiger partial charge in [0.25, 0.3) is 0 Å². The van der Waals surface area contributed by atoms with E-state index in [0.717, 1.165) is 12.2 Å². The molecule has 0 saturated heterocycles. The summed E-state index contributed by atoms with van der Waals surface area (Å²) in [5.41, 5.74) is 0. The van der Waals surface area contributed by atoms with Crippen LogP contribution in [0, 0.1) is 0 Å². The number of nitrogens with one attached hydrogen (secondary N) is 1. The van der Waals surface area contributed by atoms with Crippen LogP contribution in [0.3, 0.4) is 0 Å². The van der Waals surface area contributed by atoms with Gasteiger partial charge in [-0.2, -0.15) is 0 Å². The molecule has 0 aliphatic carbocycles. The van der Waals surface area contributed by atoms with Crippen molar-refractivity contribution in [1.29, 1.82) is 0 Å². The molecule has 0 amide bonds. The number of alkyl halides is 1. The molecular weight excluding hydrogens is 244 g/mol. The van der Waals surface area contributed by atoms with Crippen LogP contribution in [0.25, 0.3) is 0 Å². The van der Waals surface area contributed by atoms with Gasteiger partial charge >= 0.3 is 6.01 Å². The second-order valence-electron chi connectivity index (χ2n) is 3.37. The number of halogens is 1. The maximum absolute atomic E-state index is 5.56. The van der Waals surface area contributed by atoms with Crippen molar-refractivity contribution in [3.63, 3.8) is 0 Å². The van der Waals surface area contributed by atoms with Gasteiger partial charge in [0.2, 0.25) is 11.8 Å². The van der Waals surface area contributed by atoms with Crippen LogP contribution in [0.2, 0.25) is 0 Å². The topological polar surface area (TPSA) is 77.0 Å². The van der Waals surface area contributed by atoms with Crippen molar-refractivity contribution in [3.8, 4) is 0 Å². The quantitative estimate of drug-likeness (QED) is 0.797. The number of anilines is 1. The zero-order valence-corrected chi connectivity index (χ0v) is 10.2. The highest BCUT2D eigenvalue weighted by Crippen LogP contribution is 2.09. The average Bonchev–Trinajstić information content (AvgIpc) is 2.95. The predicted octanol–water partition coefficient (Wildman–Crippen LogP) is 2.01. The molecular formula is C10H13ClN4O2. The Morgan fingerprint density at radius 1 is 1.29 bits per heavy atom. The van der Waals surface area contributed by atoms with Gasteiger partial charge < -0.3 is 14.2 Å². The Balaban J connectivity index is 1.88. The van der Waals surface area contributed by atoms with Gasteiger partial charge in [-0.05, 0) is 0 Å². The molecule has 0 saturated carbocycles. The Morgan fingerprint density at radius 2 is 2.18 bits per heavy atom. The molecule has 7 heteroatoms. The molecule has 0 radical (unpaired) electrons. The minimum Gasteiger partial charge on any atom is -0.444 e. The van der Waals surface area contributed by atoms with E-state index >= 15 is 0 Å². The van der Waals surface area contributed by atoms with Crippen LogP contribution < -0.4 is 5.32 Å². The van der Waals surface area contributed by atoms with Crippen LogP contribution in [0.1, 0.15) is 24.5 Å². The lowest BCUT2D eigenvalue weighted by Gasteiger charge is -1.95. The number of aryl methyl sites for hydroxylation is 2. The molecule has 0 fully saturated rings. The Hall–Kier alpha value is -1.56. The Kier molecular flexibility index (Phi) is 3.98. The van der Waals surface area contributed by atoms with E-state index in [-0.39, 0.29) is 0 Å². The van der Waals surface area contributed by atoms with Crippen molar-refractivity contribution in [1.82, 2.24) is 15.2 Å². The first-order valence-electron chi connectivity index (χ1n) is 5.37. The van der Waals surface area contributed by atoms with E-state index < -0.39 is 0 Å². The van der Waals surface area contributed by atoms with E-state index in [1.165, 1.54) is 0 Å². The van der Waals surface area contributed by atoms with E-state index in [1.54, 1.807) is 6.20 Å². The normalized spacial score (nSPS) is 10.7. The minimum atomic E-state index is 0.348. The highest BCUT2D eigenvalue weighted by molar-refractivity contribution is 6.17. The van der Waals surface area contributed by atoms with Crippen LogP contribution in [0.4, 0.5) is 6.01 Å². The molecule has 2 aromatic heterocycles. The summed E-state index contributed by atoms with van der Waals surface area (Å²) in [5.74, 6) is 2.43. The van der Waals surface area contributed by atoms with Crippen LogP contribution >= 0.6 is 11.6 Å². The average molecular weight is 257 g/mol. The Labute approximate surface area is 103 Å². The minimum absolute atomic E-state index is 0.348. The zero-order valence-electron chi connectivity index (χ0n) is 9.44. The van der Waals surface area contributed by atoms with Crippen molar-refractivity contribution >= 4 is 17.6 Å². The molecule has 0 unspecified atom stereocenters. The number of aromatic nitrogens is 3. The van der Waals surface area contributed by atoms with Gasteiger partial charge in [-0.25, -0.2) is 4.98 Å². The molecule has 17 heavy (non-hydrogen) atoms. The Bertz CT molecular complexity index is 468. The molecule has 0 aliphatic rings. The third-order valence-corrected chi connectivity index (χ3v) is 2.30. The molecule has 2 aromatic rings. The predicted molar refractivity (Wildman–Crippen MR) is 61.9 cm³/mol. The summed E-state index contributed by atoms with van der Waals surface area (Å²) in [6.07, 6.45) is 3.10. The number of oxazole rings is 1. The maximum Gasteiger partial charge on any atom is 0.315 e. The lowest BCUT2D eigenvalue weighted by molar-refractivity contribution is 0.459. The van der Waals surface area contributed by atoms with Gasteiger partial charge in [0.1, 0.15) is 5.76 Å². The number of hydrogen-bond acceptors (Lipinski definition) is 6. The van der Waals surface area contributed by atoms with Gasteiger partial charge in [0, 0.05) is 18.7 Å². The molecule has 6 nitrogen and oxygen atoms in total. The van der Waals surface area contributed by atoms with Crippen molar-refractivity contribution in [3.05, 3.63) is 23.7 Å². The van der Waals surface area contributed by atoms with Crippen molar-refractivity contribution in [2.24, 2.45) is 0 Å². The lowest BCUT2D eigenvalue weighted by Crippen LogP contribution is -1.99. The summed E-state index contributed by atoms with van der Waals surface area (Å²) in [7, 11) is 0. The fourth-order valence-electron chi connectivity index (χ4n) is 1.25. The first-order valence-corrected chi connectivity index (χ1v) is 5.91. The largest absolute Gasteiger partial charge is 0.444 e. The van der Waals surface area contributed by atoms with Crippen LogP contribution in [0.5, 0.6) is 0 Å². The SMILES string of the molecule is CCc1cnc(CNc2nnc(CCCl)o2)o1. The molecule has 2 heterocycles. The fraction of sp³-hybridized carbons (Fsp3) is 0.500. The molecule has 0 aliphatic heterocycles. The van der Waals surface area contributed by atoms with E-state index in [4.69, 9.17) is 20.4 Å². The van der Waals surface area contributed by atoms with E-state index in [0.29, 0.717) is 36.6 Å². The van der Waals surface area contributed by atoms with Crippen molar-refractivity contribution < 1.29 is 8.83 Å². The van der Waals surface area contributed by atoms with Crippen LogP contribution in [0.15, 0.2) is 15.0 Å². The van der Waals surface area contributed by atoms with Gasteiger partial charge in [0.15, 0.2) is 0 Å². The second-order valence-corrected chi connectivity index (χ2v) is 3.75. The van der Waals surface area contributed by atoms with E-state index in [2.05, 4.69) is 20.5 Å². The van der Waals surface area contributed by atoms with E-state index in [9.17, 15) is 0 Å². The fourth-order valence-corrected chi connectivity index (χ4v) is 1.41. The summed E-state index contributed by atoms with van der Waals surface area (Å²) in [6, 6.07) is 0.348. The third-order valence-electron chi connectivity index (χ3n) is 2.12. The number of nitrogens with zero attached hydrogens (tertiary/aromatic N) is 3. The number of rotatable bonds is 6. The molecule has 0 spiro atoms. The summed E-state index contributed by atoms with van der Waals surface area (Å²) >= 11 is 5.56. The summed E-state index contributed by atoms with van der Waals surface area (Å²) < 4.78 is 10.7. The van der Waals surface area contributed by atoms with E-state index in [1.807, 2.05) is 6.92 Å². The first kappa shape index (κ1) is 11.9. The van der Waals surface area contributed by atoms with Gasteiger partial charge in [0.05, 0.1) is 12.7 Å². The highest BCUT2D eigenvalue weighted by atomic mass is 35.5. The van der Waals surface area contributed by atoms with Gasteiger partial charge in [-0.1, -0.05) is 12.0 Å². The third kappa shape index (κ3) is 3.20. The summed E-state index contributed by atoms with van der Waals surface area (Å²) in [5, 5.41) is 10.6. The van der Waals surface area contributed by atoms with Gasteiger partial charge in [-0.15, -0.1) is 16.7 Å². The highest BCUT2D eigenvalue weighted by Gasteiger charge is 2.07. The monoisotopic (exact) mass is 256 g/mol. The van der Waals surface area contributed by atoms with Gasteiger partial charge in [-0.3, -0.25) is 0 Å². The maximum atomic E-state index is 5.56. The van der Waals surface area contributed by atoms with Crippen LogP contribution in [-0.4, -0.2) is 21.1 Å². The van der Waals surface area contributed by atoms with Crippen molar-refractivity contribution in [2.45, 2.75) is 26.3 Å². The summed E-state index contributed by atoms with van der Waals surface area (Å²) in [6.45, 7) is 2.43. The molecule has 2 rings (SSSR count). The van der Waals surface area contributed by atoms with Crippen molar-refractivity contribution in [2.75, 3.05) is 11.2 Å². The molecule has 0 bridgehead atoms. The lowest BCUT2D eigenvalue weighted by atomic mass is 10.4. The van der Waals surface area contributed by atoms with Crippen LogP contribution in [-0.2, 0) is 19.4 Å². The number of hydrogen-bond donors (Lipinski definition) is 1. The molecule has 1 N–H and O–H groups in total. The first-order chi connectivity index (χ1) is 8.31. The molecule has 0 atom stereocenters.